The Bertz CT molecular complexity index is 578. The first-order valence-corrected chi connectivity index (χ1v) is 10.6. The van der Waals surface area contributed by atoms with Crippen molar-refractivity contribution in [1.82, 2.24) is 14.9 Å². The largest absolute Gasteiger partial charge is 0.490 e. The minimum atomic E-state index is -0.470. The Morgan fingerprint density at radius 3 is 2.21 bits per heavy atom. The van der Waals surface area contributed by atoms with E-state index in [9.17, 15) is 4.79 Å². The molecule has 0 aliphatic carbocycles. The van der Waals surface area contributed by atoms with Crippen LogP contribution < -0.4 is 9.64 Å². The molecule has 2 heterocycles. The van der Waals surface area contributed by atoms with Crippen LogP contribution in [0.2, 0.25) is 0 Å². The average Bonchev–Trinajstić information content (AvgIpc) is 2.67. The number of rotatable bonds is 9. The van der Waals surface area contributed by atoms with Crippen LogP contribution in [0.1, 0.15) is 66.2 Å². The summed E-state index contributed by atoms with van der Waals surface area (Å²) in [4.78, 5) is 24.8. The lowest BCUT2D eigenvalue weighted by Gasteiger charge is -2.35. The number of nitrogens with zero attached hydrogens (tertiary/aromatic N) is 4. The number of hydrogen-bond donors (Lipinski definition) is 0. The van der Waals surface area contributed by atoms with Crippen molar-refractivity contribution in [3.05, 3.63) is 12.4 Å². The standard InChI is InChI=1S/C21H36N4O3/c1-5-6-7-8-9-10-15-27-18-16-22-19(23-17-18)24-11-13-25(14-12-24)20(26)28-21(2,3)4/h16-17H,5-15H2,1-4H3. The quantitative estimate of drug-likeness (QED) is 0.585. The van der Waals surface area contributed by atoms with E-state index in [1.165, 1.54) is 32.1 Å². The van der Waals surface area contributed by atoms with Crippen molar-refractivity contribution in [2.75, 3.05) is 37.7 Å². The third-order valence-electron chi connectivity index (χ3n) is 4.60. The normalized spacial score (nSPS) is 14.9. The van der Waals surface area contributed by atoms with E-state index in [4.69, 9.17) is 9.47 Å². The van der Waals surface area contributed by atoms with Crippen LogP contribution in [0.5, 0.6) is 5.75 Å². The van der Waals surface area contributed by atoms with E-state index in [1.54, 1.807) is 17.3 Å². The predicted octanol–water partition coefficient (Wildman–Crippen LogP) is 4.27. The maximum atomic E-state index is 12.1. The first-order valence-electron chi connectivity index (χ1n) is 10.6. The second-order valence-corrected chi connectivity index (χ2v) is 8.29. The van der Waals surface area contributed by atoms with Gasteiger partial charge in [0, 0.05) is 26.2 Å². The molecule has 1 aliphatic heterocycles. The van der Waals surface area contributed by atoms with Crippen LogP contribution in [-0.2, 0) is 4.74 Å². The van der Waals surface area contributed by atoms with E-state index >= 15 is 0 Å². The minimum absolute atomic E-state index is 0.258. The molecule has 7 heteroatoms. The molecule has 1 aliphatic rings. The molecule has 0 spiro atoms. The summed E-state index contributed by atoms with van der Waals surface area (Å²) in [5.74, 6) is 1.39. The molecule has 0 unspecified atom stereocenters. The Morgan fingerprint density at radius 2 is 1.61 bits per heavy atom. The summed E-state index contributed by atoms with van der Waals surface area (Å²) in [6.45, 7) is 11.2. The van der Waals surface area contributed by atoms with Crippen molar-refractivity contribution in [3.8, 4) is 5.75 Å². The Morgan fingerprint density at radius 1 is 1.00 bits per heavy atom. The van der Waals surface area contributed by atoms with Crippen molar-refractivity contribution >= 4 is 12.0 Å². The van der Waals surface area contributed by atoms with Crippen molar-refractivity contribution in [1.29, 1.82) is 0 Å². The maximum absolute atomic E-state index is 12.1. The monoisotopic (exact) mass is 392 g/mol. The van der Waals surface area contributed by atoms with Crippen LogP contribution in [0.4, 0.5) is 10.7 Å². The van der Waals surface area contributed by atoms with Gasteiger partial charge in [-0.15, -0.1) is 0 Å². The lowest BCUT2D eigenvalue weighted by Crippen LogP contribution is -2.50. The zero-order valence-electron chi connectivity index (χ0n) is 17.9. The Balaban J connectivity index is 1.69. The van der Waals surface area contributed by atoms with E-state index in [0.717, 1.165) is 6.42 Å². The maximum Gasteiger partial charge on any atom is 0.410 e. The number of ether oxygens (including phenoxy) is 2. The topological polar surface area (TPSA) is 67.8 Å². The lowest BCUT2D eigenvalue weighted by molar-refractivity contribution is 0.0240. The highest BCUT2D eigenvalue weighted by Crippen LogP contribution is 2.16. The van der Waals surface area contributed by atoms with Gasteiger partial charge in [-0.3, -0.25) is 0 Å². The van der Waals surface area contributed by atoms with Gasteiger partial charge in [-0.2, -0.15) is 0 Å². The highest BCUT2D eigenvalue weighted by Gasteiger charge is 2.26. The fourth-order valence-corrected chi connectivity index (χ4v) is 3.04. The summed E-state index contributed by atoms with van der Waals surface area (Å²) >= 11 is 0. The van der Waals surface area contributed by atoms with E-state index in [-0.39, 0.29) is 6.09 Å². The smallest absolute Gasteiger partial charge is 0.410 e. The molecule has 28 heavy (non-hydrogen) atoms. The van der Waals surface area contributed by atoms with Gasteiger partial charge in [-0.1, -0.05) is 39.0 Å². The second-order valence-electron chi connectivity index (χ2n) is 8.29. The summed E-state index contributed by atoms with van der Waals surface area (Å²) in [6, 6.07) is 0. The first-order chi connectivity index (χ1) is 13.4. The number of carbonyl (C=O) groups is 1. The van der Waals surface area contributed by atoms with Gasteiger partial charge in [-0.05, 0) is 27.2 Å². The molecule has 1 fully saturated rings. The minimum Gasteiger partial charge on any atom is -0.490 e. The fourth-order valence-electron chi connectivity index (χ4n) is 3.04. The number of unbranched alkanes of at least 4 members (excludes halogenated alkanes) is 5. The first kappa shape index (κ1) is 22.2. The summed E-state index contributed by atoms with van der Waals surface area (Å²) in [5.41, 5.74) is -0.470. The zero-order valence-corrected chi connectivity index (χ0v) is 17.9. The molecule has 7 nitrogen and oxygen atoms in total. The zero-order chi connectivity index (χ0) is 20.4. The van der Waals surface area contributed by atoms with Crippen LogP contribution >= 0.6 is 0 Å². The van der Waals surface area contributed by atoms with Crippen LogP contribution in [-0.4, -0.2) is 59.3 Å². The van der Waals surface area contributed by atoms with Gasteiger partial charge >= 0.3 is 6.09 Å². The molecular formula is C21H36N4O3. The van der Waals surface area contributed by atoms with Crippen molar-refractivity contribution < 1.29 is 14.3 Å². The van der Waals surface area contributed by atoms with E-state index < -0.39 is 5.60 Å². The fraction of sp³-hybridized carbons (Fsp3) is 0.762. The van der Waals surface area contributed by atoms with E-state index in [1.807, 2.05) is 20.8 Å². The number of anilines is 1. The molecule has 1 saturated heterocycles. The van der Waals surface area contributed by atoms with Crippen LogP contribution in [0.25, 0.3) is 0 Å². The molecule has 0 radical (unpaired) electrons. The molecule has 0 aromatic carbocycles. The Kier molecular flexibility index (Phi) is 8.80. The highest BCUT2D eigenvalue weighted by molar-refractivity contribution is 5.68. The van der Waals surface area contributed by atoms with Gasteiger partial charge in [0.1, 0.15) is 5.60 Å². The predicted molar refractivity (Wildman–Crippen MR) is 111 cm³/mol. The summed E-state index contributed by atoms with van der Waals surface area (Å²) in [7, 11) is 0. The number of piperazine rings is 1. The molecule has 0 bridgehead atoms. The molecule has 158 valence electrons. The number of aromatic nitrogens is 2. The molecule has 2 rings (SSSR count). The Labute approximate surface area is 169 Å². The summed E-state index contributed by atoms with van der Waals surface area (Å²) in [6.07, 6.45) is 10.7. The van der Waals surface area contributed by atoms with Crippen molar-refractivity contribution in [3.63, 3.8) is 0 Å². The van der Waals surface area contributed by atoms with Crippen LogP contribution in [0, 0.1) is 0 Å². The van der Waals surface area contributed by atoms with Crippen molar-refractivity contribution in [2.45, 2.75) is 71.8 Å². The highest BCUT2D eigenvalue weighted by atomic mass is 16.6. The molecular weight excluding hydrogens is 356 g/mol. The lowest BCUT2D eigenvalue weighted by atomic mass is 10.1. The van der Waals surface area contributed by atoms with E-state index in [0.29, 0.717) is 44.5 Å². The van der Waals surface area contributed by atoms with Crippen LogP contribution in [0.3, 0.4) is 0 Å². The van der Waals surface area contributed by atoms with Gasteiger partial charge < -0.3 is 19.3 Å². The number of hydrogen-bond acceptors (Lipinski definition) is 6. The molecule has 0 atom stereocenters. The Hall–Kier alpha value is -2.05. The summed E-state index contributed by atoms with van der Waals surface area (Å²) in [5, 5.41) is 0. The molecule has 0 N–H and O–H groups in total. The molecule has 1 aromatic rings. The van der Waals surface area contributed by atoms with Gasteiger partial charge in [0.15, 0.2) is 5.75 Å². The van der Waals surface area contributed by atoms with Gasteiger partial charge in [0.2, 0.25) is 5.95 Å². The number of carbonyl (C=O) groups excluding carboxylic acids is 1. The van der Waals surface area contributed by atoms with Gasteiger partial charge in [-0.25, -0.2) is 14.8 Å². The number of amides is 1. The van der Waals surface area contributed by atoms with Gasteiger partial charge in [0.05, 0.1) is 19.0 Å². The third-order valence-corrected chi connectivity index (χ3v) is 4.60. The molecule has 0 saturated carbocycles. The SMILES string of the molecule is CCCCCCCCOc1cnc(N2CCN(C(=O)OC(C)(C)C)CC2)nc1. The third kappa shape index (κ3) is 7.90. The van der Waals surface area contributed by atoms with Gasteiger partial charge in [0.25, 0.3) is 0 Å². The average molecular weight is 393 g/mol. The second kappa shape index (κ2) is 11.1. The summed E-state index contributed by atoms with van der Waals surface area (Å²) < 4.78 is 11.2. The van der Waals surface area contributed by atoms with Crippen molar-refractivity contribution in [2.24, 2.45) is 0 Å². The van der Waals surface area contributed by atoms with Crippen LogP contribution in [0.15, 0.2) is 12.4 Å². The van der Waals surface area contributed by atoms with E-state index in [2.05, 4.69) is 21.8 Å². The molecule has 1 amide bonds. The molecule has 1 aromatic heterocycles.